The first-order valence-electron chi connectivity index (χ1n) is 6.53. The summed E-state index contributed by atoms with van der Waals surface area (Å²) in [5.74, 6) is 1.24. The summed E-state index contributed by atoms with van der Waals surface area (Å²) in [7, 11) is 3.50. The second kappa shape index (κ2) is 7.43. The molecule has 1 N–H and O–H groups in total. The number of methoxy groups -OCH3 is 1. The Bertz CT molecular complexity index is 619. The molecule has 5 heteroatoms. The van der Waals surface area contributed by atoms with Crippen molar-refractivity contribution >= 4 is 15.9 Å². The molecule has 2 aromatic rings. The lowest BCUT2D eigenvalue weighted by molar-refractivity contribution is 0.300. The van der Waals surface area contributed by atoms with Gasteiger partial charge in [0.25, 0.3) is 0 Å². The average Bonchev–Trinajstić information content (AvgIpc) is 2.50. The molecule has 2 rings (SSSR count). The van der Waals surface area contributed by atoms with Crippen LogP contribution in [0.4, 0.5) is 4.39 Å². The Hall–Kier alpha value is -1.59. The zero-order valence-corrected chi connectivity index (χ0v) is 13.5. The summed E-state index contributed by atoms with van der Waals surface area (Å²) >= 11 is 3.24. The van der Waals surface area contributed by atoms with Crippen molar-refractivity contribution in [3.63, 3.8) is 0 Å². The fourth-order valence-electron chi connectivity index (χ4n) is 1.97. The lowest BCUT2D eigenvalue weighted by Crippen LogP contribution is -2.08. The van der Waals surface area contributed by atoms with Crippen LogP contribution in [-0.4, -0.2) is 14.2 Å². The summed E-state index contributed by atoms with van der Waals surface area (Å²) in [5.41, 5.74) is 1.76. The minimum absolute atomic E-state index is 0.290. The first kappa shape index (κ1) is 15.8. The normalized spacial score (nSPS) is 10.5. The minimum atomic E-state index is -0.290. The third-order valence-corrected chi connectivity index (χ3v) is 3.94. The number of hydrogen-bond acceptors (Lipinski definition) is 3. The molecule has 0 spiro atoms. The third kappa shape index (κ3) is 3.95. The van der Waals surface area contributed by atoms with E-state index in [0.29, 0.717) is 17.6 Å². The van der Waals surface area contributed by atoms with Crippen LogP contribution in [0.1, 0.15) is 11.1 Å². The highest BCUT2D eigenvalue weighted by atomic mass is 79.9. The molecule has 2 aromatic carbocycles. The van der Waals surface area contributed by atoms with Crippen LogP contribution in [0.2, 0.25) is 0 Å². The Morgan fingerprint density at radius 1 is 1.19 bits per heavy atom. The Morgan fingerprint density at radius 2 is 2.00 bits per heavy atom. The fraction of sp³-hybridized carbons (Fsp3) is 0.250. The van der Waals surface area contributed by atoms with Crippen molar-refractivity contribution in [3.05, 3.63) is 57.8 Å². The number of nitrogens with one attached hydrogen (secondary N) is 1. The topological polar surface area (TPSA) is 30.5 Å². The number of ether oxygens (including phenoxy) is 2. The largest absolute Gasteiger partial charge is 0.497 e. The molecular formula is C16H17BrFNO2. The van der Waals surface area contributed by atoms with E-state index >= 15 is 0 Å². The van der Waals surface area contributed by atoms with Gasteiger partial charge in [-0.3, -0.25) is 0 Å². The molecule has 0 aliphatic heterocycles. The van der Waals surface area contributed by atoms with E-state index < -0.39 is 0 Å². The third-order valence-electron chi connectivity index (χ3n) is 3.05. The average molecular weight is 354 g/mol. The van der Waals surface area contributed by atoms with Gasteiger partial charge in [-0.15, -0.1) is 0 Å². The summed E-state index contributed by atoms with van der Waals surface area (Å²) in [5, 5.41) is 3.09. The van der Waals surface area contributed by atoms with Crippen molar-refractivity contribution in [2.45, 2.75) is 13.2 Å². The number of halogens is 2. The van der Waals surface area contributed by atoms with Gasteiger partial charge in [-0.05, 0) is 47.2 Å². The summed E-state index contributed by atoms with van der Waals surface area (Å²) < 4.78 is 24.9. The van der Waals surface area contributed by atoms with Gasteiger partial charge in [-0.2, -0.15) is 0 Å². The summed E-state index contributed by atoms with van der Waals surface area (Å²) in [6.45, 7) is 0.957. The maximum atomic E-state index is 13.5. The first-order chi connectivity index (χ1) is 10.2. The fourth-order valence-corrected chi connectivity index (χ4v) is 2.35. The van der Waals surface area contributed by atoms with Crippen LogP contribution in [0.5, 0.6) is 11.5 Å². The van der Waals surface area contributed by atoms with Crippen LogP contribution in [-0.2, 0) is 13.2 Å². The van der Waals surface area contributed by atoms with Crippen LogP contribution in [0.25, 0.3) is 0 Å². The summed E-state index contributed by atoms with van der Waals surface area (Å²) in [6.07, 6.45) is 0. The highest BCUT2D eigenvalue weighted by molar-refractivity contribution is 9.10. The number of hydrogen-bond donors (Lipinski definition) is 1. The smallest absolute Gasteiger partial charge is 0.137 e. The van der Waals surface area contributed by atoms with Gasteiger partial charge < -0.3 is 14.8 Å². The second-order valence-electron chi connectivity index (χ2n) is 4.51. The van der Waals surface area contributed by atoms with Crippen molar-refractivity contribution in [2.24, 2.45) is 0 Å². The van der Waals surface area contributed by atoms with Gasteiger partial charge in [0, 0.05) is 17.7 Å². The van der Waals surface area contributed by atoms with Gasteiger partial charge in [-0.1, -0.05) is 12.1 Å². The van der Waals surface area contributed by atoms with Gasteiger partial charge in [-0.25, -0.2) is 4.39 Å². The number of benzene rings is 2. The standard InChI is InChI=1S/C16H17BrFNO2/c1-19-9-12-8-13(20-2)6-7-15(12)21-10-11-4-3-5-14(18)16(11)17/h3-8,19H,9-10H2,1-2H3. The summed E-state index contributed by atoms with van der Waals surface area (Å²) in [4.78, 5) is 0. The molecule has 0 aromatic heterocycles. The molecule has 0 radical (unpaired) electrons. The maximum absolute atomic E-state index is 13.5. The van der Waals surface area contributed by atoms with E-state index in [9.17, 15) is 4.39 Å². The molecule has 112 valence electrons. The predicted octanol–water partition coefficient (Wildman–Crippen LogP) is 3.90. The molecule has 21 heavy (non-hydrogen) atoms. The van der Waals surface area contributed by atoms with Crippen molar-refractivity contribution in [2.75, 3.05) is 14.2 Å². The molecule has 0 heterocycles. The molecule has 0 amide bonds. The zero-order chi connectivity index (χ0) is 15.2. The first-order valence-corrected chi connectivity index (χ1v) is 7.32. The molecular weight excluding hydrogens is 337 g/mol. The Labute approximate surface area is 132 Å². The Kier molecular flexibility index (Phi) is 5.59. The van der Waals surface area contributed by atoms with Gasteiger partial charge >= 0.3 is 0 Å². The van der Waals surface area contributed by atoms with Gasteiger partial charge in [0.05, 0.1) is 11.6 Å². The number of rotatable bonds is 6. The quantitative estimate of drug-likeness (QED) is 0.854. The summed E-state index contributed by atoms with van der Waals surface area (Å²) in [6, 6.07) is 10.5. The van der Waals surface area contributed by atoms with Crippen LogP contribution in [0, 0.1) is 5.82 Å². The second-order valence-corrected chi connectivity index (χ2v) is 5.30. The molecule has 0 aliphatic rings. The van der Waals surface area contributed by atoms with Gasteiger partial charge in [0.2, 0.25) is 0 Å². The van der Waals surface area contributed by atoms with Gasteiger partial charge in [0.1, 0.15) is 23.9 Å². The molecule has 0 bridgehead atoms. The maximum Gasteiger partial charge on any atom is 0.137 e. The zero-order valence-electron chi connectivity index (χ0n) is 12.0. The van der Waals surface area contributed by atoms with Gasteiger partial charge in [0.15, 0.2) is 0 Å². The molecule has 0 atom stereocenters. The van der Waals surface area contributed by atoms with E-state index in [1.54, 1.807) is 13.2 Å². The van der Waals surface area contributed by atoms with E-state index in [-0.39, 0.29) is 5.82 Å². The molecule has 0 saturated heterocycles. The van der Waals surface area contributed by atoms with E-state index in [4.69, 9.17) is 9.47 Å². The van der Waals surface area contributed by atoms with Crippen LogP contribution in [0.3, 0.4) is 0 Å². The van der Waals surface area contributed by atoms with E-state index in [1.165, 1.54) is 6.07 Å². The van der Waals surface area contributed by atoms with E-state index in [0.717, 1.165) is 22.6 Å². The molecule has 0 saturated carbocycles. The monoisotopic (exact) mass is 353 g/mol. The van der Waals surface area contributed by atoms with Crippen LogP contribution in [0.15, 0.2) is 40.9 Å². The van der Waals surface area contributed by atoms with Crippen molar-refractivity contribution in [1.29, 1.82) is 0 Å². The van der Waals surface area contributed by atoms with E-state index in [2.05, 4.69) is 21.2 Å². The van der Waals surface area contributed by atoms with E-state index in [1.807, 2.05) is 31.3 Å². The molecule has 0 aliphatic carbocycles. The predicted molar refractivity (Wildman–Crippen MR) is 84.2 cm³/mol. The van der Waals surface area contributed by atoms with Crippen molar-refractivity contribution in [1.82, 2.24) is 5.32 Å². The molecule has 0 fully saturated rings. The van der Waals surface area contributed by atoms with Crippen LogP contribution < -0.4 is 14.8 Å². The Morgan fingerprint density at radius 3 is 2.71 bits per heavy atom. The molecule has 0 unspecified atom stereocenters. The SMILES string of the molecule is CNCc1cc(OC)ccc1OCc1cccc(F)c1Br. The lowest BCUT2D eigenvalue weighted by Gasteiger charge is -2.13. The lowest BCUT2D eigenvalue weighted by atomic mass is 10.2. The highest BCUT2D eigenvalue weighted by Crippen LogP contribution is 2.27. The Balaban J connectivity index is 2.17. The van der Waals surface area contributed by atoms with Crippen LogP contribution >= 0.6 is 15.9 Å². The highest BCUT2D eigenvalue weighted by Gasteiger charge is 2.09. The van der Waals surface area contributed by atoms with Crippen molar-refractivity contribution in [3.8, 4) is 11.5 Å². The molecule has 3 nitrogen and oxygen atoms in total. The van der Waals surface area contributed by atoms with Crippen molar-refractivity contribution < 1.29 is 13.9 Å². The minimum Gasteiger partial charge on any atom is -0.497 e.